The van der Waals surface area contributed by atoms with E-state index in [0.717, 1.165) is 13.1 Å². The van der Waals surface area contributed by atoms with E-state index in [1.54, 1.807) is 6.20 Å². The van der Waals surface area contributed by atoms with E-state index >= 15 is 0 Å². The van der Waals surface area contributed by atoms with Gasteiger partial charge in [0.1, 0.15) is 0 Å². The summed E-state index contributed by atoms with van der Waals surface area (Å²) in [4.78, 5) is 4.15. The molecule has 17 heavy (non-hydrogen) atoms. The fourth-order valence-electron chi connectivity index (χ4n) is 2.06. The maximum absolute atomic E-state index is 4.15. The normalized spacial score (nSPS) is 12.6. The molecule has 2 aromatic rings. The smallest absolute Gasteiger partial charge is 0.0488 e. The molecule has 0 fully saturated rings. The molecule has 0 aromatic carbocycles. The van der Waals surface area contributed by atoms with E-state index in [1.807, 2.05) is 12.3 Å². The fourth-order valence-corrected chi connectivity index (χ4v) is 2.06. The molecule has 90 valence electrons. The average Bonchev–Trinajstić information content (AvgIpc) is 2.79. The molecule has 0 bridgehead atoms. The molecule has 1 unspecified atom stereocenters. The predicted octanol–water partition coefficient (Wildman–Crippen LogP) is 2.60. The minimum absolute atomic E-state index is 0.381. The summed E-state index contributed by atoms with van der Waals surface area (Å²) in [7, 11) is 0. The third-order valence-corrected chi connectivity index (χ3v) is 2.89. The second kappa shape index (κ2) is 5.64. The Morgan fingerprint density at radius 2 is 2.24 bits per heavy atom. The standard InChI is InChI=1S/C14H19N3/c1-3-16-12(2)14-7-5-9-17(14)11-13-6-4-8-15-10-13/h4-10,12,16H,3,11H2,1-2H3. The van der Waals surface area contributed by atoms with Gasteiger partial charge in [-0.2, -0.15) is 0 Å². The Labute approximate surface area is 103 Å². The first-order valence-corrected chi connectivity index (χ1v) is 6.08. The van der Waals surface area contributed by atoms with Crippen LogP contribution in [0.5, 0.6) is 0 Å². The van der Waals surface area contributed by atoms with Crippen molar-refractivity contribution in [1.82, 2.24) is 14.9 Å². The van der Waals surface area contributed by atoms with E-state index in [-0.39, 0.29) is 0 Å². The summed E-state index contributed by atoms with van der Waals surface area (Å²) >= 11 is 0. The van der Waals surface area contributed by atoms with E-state index in [2.05, 4.69) is 53.1 Å². The van der Waals surface area contributed by atoms with Gasteiger partial charge in [0.2, 0.25) is 0 Å². The van der Waals surface area contributed by atoms with Crippen molar-refractivity contribution in [3.63, 3.8) is 0 Å². The average molecular weight is 229 g/mol. The lowest BCUT2D eigenvalue weighted by molar-refractivity contribution is 0.553. The number of nitrogens with one attached hydrogen (secondary N) is 1. The number of pyridine rings is 1. The first kappa shape index (κ1) is 11.9. The highest BCUT2D eigenvalue weighted by atomic mass is 15.0. The molecular weight excluding hydrogens is 210 g/mol. The third-order valence-electron chi connectivity index (χ3n) is 2.89. The molecule has 0 aliphatic rings. The summed E-state index contributed by atoms with van der Waals surface area (Å²) in [5.41, 5.74) is 2.55. The minimum Gasteiger partial charge on any atom is -0.346 e. The van der Waals surface area contributed by atoms with Crippen molar-refractivity contribution in [2.45, 2.75) is 26.4 Å². The van der Waals surface area contributed by atoms with Gasteiger partial charge in [-0.1, -0.05) is 13.0 Å². The van der Waals surface area contributed by atoms with Crippen molar-refractivity contribution in [2.24, 2.45) is 0 Å². The van der Waals surface area contributed by atoms with E-state index < -0.39 is 0 Å². The van der Waals surface area contributed by atoms with Gasteiger partial charge in [0.15, 0.2) is 0 Å². The highest BCUT2D eigenvalue weighted by Crippen LogP contribution is 2.14. The molecule has 2 aromatic heterocycles. The van der Waals surface area contributed by atoms with Crippen LogP contribution in [0.15, 0.2) is 42.9 Å². The van der Waals surface area contributed by atoms with Crippen LogP contribution in [0, 0.1) is 0 Å². The van der Waals surface area contributed by atoms with E-state index in [4.69, 9.17) is 0 Å². The summed E-state index contributed by atoms with van der Waals surface area (Å²) < 4.78 is 2.27. The van der Waals surface area contributed by atoms with Gasteiger partial charge in [-0.3, -0.25) is 4.98 Å². The van der Waals surface area contributed by atoms with Crippen molar-refractivity contribution >= 4 is 0 Å². The van der Waals surface area contributed by atoms with Gasteiger partial charge in [-0.15, -0.1) is 0 Å². The summed E-state index contributed by atoms with van der Waals surface area (Å²) in [6.45, 7) is 6.19. The van der Waals surface area contributed by atoms with Crippen LogP contribution in [0.3, 0.4) is 0 Å². The lowest BCUT2D eigenvalue weighted by atomic mass is 10.2. The van der Waals surface area contributed by atoms with Gasteiger partial charge < -0.3 is 9.88 Å². The Balaban J connectivity index is 2.14. The highest BCUT2D eigenvalue weighted by Gasteiger charge is 2.08. The Hall–Kier alpha value is -1.61. The molecule has 0 saturated heterocycles. The van der Waals surface area contributed by atoms with Gasteiger partial charge in [-0.05, 0) is 37.2 Å². The SMILES string of the molecule is CCNC(C)c1cccn1Cc1cccnc1. The van der Waals surface area contributed by atoms with Gasteiger partial charge in [0.05, 0.1) is 0 Å². The van der Waals surface area contributed by atoms with Crippen LogP contribution in [0.25, 0.3) is 0 Å². The molecule has 0 spiro atoms. The van der Waals surface area contributed by atoms with Crippen LogP contribution in [-0.2, 0) is 6.54 Å². The highest BCUT2D eigenvalue weighted by molar-refractivity contribution is 5.16. The zero-order chi connectivity index (χ0) is 12.1. The van der Waals surface area contributed by atoms with Crippen molar-refractivity contribution in [2.75, 3.05) is 6.54 Å². The first-order chi connectivity index (χ1) is 8.31. The maximum Gasteiger partial charge on any atom is 0.0488 e. The van der Waals surface area contributed by atoms with Crippen molar-refractivity contribution in [1.29, 1.82) is 0 Å². The monoisotopic (exact) mass is 229 g/mol. The largest absolute Gasteiger partial charge is 0.346 e. The van der Waals surface area contributed by atoms with Crippen LogP contribution in [-0.4, -0.2) is 16.1 Å². The summed E-state index contributed by atoms with van der Waals surface area (Å²) in [6.07, 6.45) is 5.85. The predicted molar refractivity (Wildman–Crippen MR) is 69.9 cm³/mol. The van der Waals surface area contributed by atoms with Gasteiger partial charge >= 0.3 is 0 Å². The Morgan fingerprint density at radius 3 is 2.94 bits per heavy atom. The number of rotatable bonds is 5. The lowest BCUT2D eigenvalue weighted by Crippen LogP contribution is -2.20. The summed E-state index contributed by atoms with van der Waals surface area (Å²) in [5.74, 6) is 0. The van der Waals surface area contributed by atoms with E-state index in [9.17, 15) is 0 Å². The van der Waals surface area contributed by atoms with E-state index in [0.29, 0.717) is 6.04 Å². The van der Waals surface area contributed by atoms with Gasteiger partial charge in [-0.25, -0.2) is 0 Å². The van der Waals surface area contributed by atoms with Crippen molar-refractivity contribution < 1.29 is 0 Å². The Kier molecular flexibility index (Phi) is 3.94. The zero-order valence-electron chi connectivity index (χ0n) is 10.4. The fraction of sp³-hybridized carbons (Fsp3) is 0.357. The maximum atomic E-state index is 4.15. The molecule has 0 radical (unpaired) electrons. The zero-order valence-corrected chi connectivity index (χ0v) is 10.4. The number of aromatic nitrogens is 2. The van der Waals surface area contributed by atoms with Crippen LogP contribution < -0.4 is 5.32 Å². The molecule has 0 aliphatic carbocycles. The molecule has 0 aliphatic heterocycles. The molecule has 0 amide bonds. The number of nitrogens with zero attached hydrogens (tertiary/aromatic N) is 2. The van der Waals surface area contributed by atoms with Gasteiger partial charge in [0.25, 0.3) is 0 Å². The summed E-state index contributed by atoms with van der Waals surface area (Å²) in [6, 6.07) is 8.73. The number of hydrogen-bond donors (Lipinski definition) is 1. The van der Waals surface area contributed by atoms with Crippen molar-refractivity contribution in [3.05, 3.63) is 54.1 Å². The second-order valence-corrected chi connectivity index (χ2v) is 4.20. The molecule has 3 heteroatoms. The van der Waals surface area contributed by atoms with Crippen LogP contribution >= 0.6 is 0 Å². The lowest BCUT2D eigenvalue weighted by Gasteiger charge is -2.16. The van der Waals surface area contributed by atoms with Crippen LogP contribution in [0.2, 0.25) is 0 Å². The molecule has 3 nitrogen and oxygen atoms in total. The molecule has 1 N–H and O–H groups in total. The quantitative estimate of drug-likeness (QED) is 0.854. The molecular formula is C14H19N3. The Morgan fingerprint density at radius 1 is 1.35 bits per heavy atom. The van der Waals surface area contributed by atoms with Gasteiger partial charge in [0, 0.05) is 36.9 Å². The van der Waals surface area contributed by atoms with E-state index in [1.165, 1.54) is 11.3 Å². The molecule has 2 rings (SSSR count). The van der Waals surface area contributed by atoms with Crippen molar-refractivity contribution in [3.8, 4) is 0 Å². The molecule has 1 atom stereocenters. The van der Waals surface area contributed by atoms with Crippen LogP contribution in [0.1, 0.15) is 31.1 Å². The molecule has 0 saturated carbocycles. The minimum atomic E-state index is 0.381. The van der Waals surface area contributed by atoms with Crippen LogP contribution in [0.4, 0.5) is 0 Å². The number of hydrogen-bond acceptors (Lipinski definition) is 2. The third kappa shape index (κ3) is 2.94. The molecule has 2 heterocycles. The first-order valence-electron chi connectivity index (χ1n) is 6.08. The Bertz CT molecular complexity index is 448. The summed E-state index contributed by atoms with van der Waals surface area (Å²) in [5, 5.41) is 3.44. The topological polar surface area (TPSA) is 29.9 Å². The second-order valence-electron chi connectivity index (χ2n) is 4.20.